The Morgan fingerprint density at radius 2 is 2.22 bits per heavy atom. The molecule has 8 heteroatoms. The molecule has 0 radical (unpaired) electrons. The van der Waals surface area contributed by atoms with Crippen LogP contribution < -0.4 is 20.9 Å². The third kappa shape index (κ3) is 2.77. The van der Waals surface area contributed by atoms with Crippen LogP contribution in [0.2, 0.25) is 0 Å². The molecule has 0 aliphatic carbocycles. The third-order valence-electron chi connectivity index (χ3n) is 2.89. The lowest BCUT2D eigenvalue weighted by Gasteiger charge is -2.17. The highest BCUT2D eigenvalue weighted by molar-refractivity contribution is 5.38. The van der Waals surface area contributed by atoms with Gasteiger partial charge in [0, 0.05) is 26.1 Å². The van der Waals surface area contributed by atoms with E-state index >= 15 is 0 Å². The first-order valence-electron chi connectivity index (χ1n) is 5.77. The second-order valence-electron chi connectivity index (χ2n) is 4.15. The lowest BCUT2D eigenvalue weighted by Crippen LogP contribution is -2.24. The highest BCUT2D eigenvalue weighted by atomic mass is 16.5. The maximum absolute atomic E-state index is 5.32. The maximum atomic E-state index is 5.32. The largest absolute Gasteiger partial charge is 0.467 e. The Morgan fingerprint density at radius 1 is 1.39 bits per heavy atom. The predicted molar refractivity (Wildman–Crippen MR) is 66.4 cm³/mol. The summed E-state index contributed by atoms with van der Waals surface area (Å²) in [5.74, 6) is 6.70. The topological polar surface area (TPSA) is 98.4 Å². The number of ether oxygens (including phenoxy) is 2. The molecule has 0 bridgehead atoms. The minimum atomic E-state index is 0.253. The van der Waals surface area contributed by atoms with Crippen LogP contribution in [-0.2, 0) is 4.74 Å². The third-order valence-corrected chi connectivity index (χ3v) is 2.89. The number of nitrogens with two attached hydrogens (primary N) is 1. The minimum absolute atomic E-state index is 0.253. The van der Waals surface area contributed by atoms with Crippen molar-refractivity contribution < 1.29 is 9.47 Å². The summed E-state index contributed by atoms with van der Waals surface area (Å²) in [7, 11) is 3.22. The Labute approximate surface area is 105 Å². The van der Waals surface area contributed by atoms with E-state index in [9.17, 15) is 0 Å². The molecular weight excluding hydrogens is 236 g/mol. The molecule has 3 N–H and O–H groups in total. The van der Waals surface area contributed by atoms with Crippen LogP contribution in [0.3, 0.4) is 0 Å². The fourth-order valence-electron chi connectivity index (χ4n) is 2.03. The molecule has 2 rings (SSSR count). The van der Waals surface area contributed by atoms with Crippen molar-refractivity contribution in [3.8, 4) is 6.01 Å². The number of nitrogen functional groups attached to an aromatic ring is 1. The van der Waals surface area contributed by atoms with E-state index in [0.29, 0.717) is 17.8 Å². The number of rotatable bonds is 5. The van der Waals surface area contributed by atoms with Crippen LogP contribution in [0, 0.1) is 5.92 Å². The minimum Gasteiger partial charge on any atom is -0.467 e. The van der Waals surface area contributed by atoms with E-state index < -0.39 is 0 Å². The number of hydrazine groups is 1. The van der Waals surface area contributed by atoms with Crippen molar-refractivity contribution in [2.75, 3.05) is 44.2 Å². The van der Waals surface area contributed by atoms with Crippen LogP contribution in [-0.4, -0.2) is 48.9 Å². The molecule has 1 atom stereocenters. The van der Waals surface area contributed by atoms with E-state index in [-0.39, 0.29) is 6.01 Å². The summed E-state index contributed by atoms with van der Waals surface area (Å²) in [6, 6.07) is 0.253. The normalized spacial score (nSPS) is 19.1. The molecule has 1 aromatic rings. The standard InChI is InChI=1S/C10H18N6O2/c1-17-6-7-3-4-16(5-7)9-12-8(15-11)13-10(14-9)18-2/h7H,3-6,11H2,1-2H3,(H,12,13,14,15). The molecule has 1 fully saturated rings. The zero-order chi connectivity index (χ0) is 13.0. The van der Waals surface area contributed by atoms with Crippen LogP contribution in [0.5, 0.6) is 6.01 Å². The van der Waals surface area contributed by atoms with Gasteiger partial charge in [0.25, 0.3) is 0 Å². The molecule has 2 heterocycles. The van der Waals surface area contributed by atoms with Crippen molar-refractivity contribution >= 4 is 11.9 Å². The van der Waals surface area contributed by atoms with E-state index in [1.165, 1.54) is 7.11 Å². The monoisotopic (exact) mass is 254 g/mol. The Hall–Kier alpha value is -1.67. The van der Waals surface area contributed by atoms with Gasteiger partial charge in [-0.2, -0.15) is 15.0 Å². The van der Waals surface area contributed by atoms with Gasteiger partial charge in [0.05, 0.1) is 13.7 Å². The van der Waals surface area contributed by atoms with Crippen LogP contribution in [0.4, 0.5) is 11.9 Å². The molecule has 100 valence electrons. The Kier molecular flexibility index (Phi) is 4.11. The zero-order valence-electron chi connectivity index (χ0n) is 10.6. The number of nitrogens with zero attached hydrogens (tertiary/aromatic N) is 4. The number of aromatic nitrogens is 3. The summed E-state index contributed by atoms with van der Waals surface area (Å²) in [6.07, 6.45) is 1.06. The predicted octanol–water partition coefficient (Wildman–Crippen LogP) is -0.361. The molecule has 0 aromatic carbocycles. The van der Waals surface area contributed by atoms with Crippen molar-refractivity contribution in [1.82, 2.24) is 15.0 Å². The van der Waals surface area contributed by atoms with Crippen LogP contribution in [0.25, 0.3) is 0 Å². The summed E-state index contributed by atoms with van der Waals surface area (Å²) >= 11 is 0. The van der Waals surface area contributed by atoms with Crippen molar-refractivity contribution in [3.63, 3.8) is 0 Å². The molecule has 1 aromatic heterocycles. The average molecular weight is 254 g/mol. The highest BCUT2D eigenvalue weighted by Gasteiger charge is 2.25. The van der Waals surface area contributed by atoms with Gasteiger partial charge in [0.1, 0.15) is 0 Å². The van der Waals surface area contributed by atoms with Gasteiger partial charge in [0.15, 0.2) is 0 Å². The molecule has 1 aliphatic rings. The van der Waals surface area contributed by atoms with Gasteiger partial charge in [-0.1, -0.05) is 0 Å². The molecule has 18 heavy (non-hydrogen) atoms. The first-order valence-corrected chi connectivity index (χ1v) is 5.77. The first kappa shape index (κ1) is 12.8. The van der Waals surface area contributed by atoms with Gasteiger partial charge in [-0.15, -0.1) is 0 Å². The Bertz CT molecular complexity index is 380. The summed E-state index contributed by atoms with van der Waals surface area (Å²) in [6.45, 7) is 2.51. The van der Waals surface area contributed by atoms with Gasteiger partial charge in [0.2, 0.25) is 11.9 Å². The van der Waals surface area contributed by atoms with Crippen molar-refractivity contribution in [3.05, 3.63) is 0 Å². The fourth-order valence-corrected chi connectivity index (χ4v) is 2.03. The number of hydrogen-bond donors (Lipinski definition) is 2. The van der Waals surface area contributed by atoms with Crippen molar-refractivity contribution in [2.24, 2.45) is 11.8 Å². The summed E-state index contributed by atoms with van der Waals surface area (Å²) in [5, 5.41) is 0. The van der Waals surface area contributed by atoms with E-state index in [2.05, 4.69) is 25.3 Å². The quantitative estimate of drug-likeness (QED) is 0.543. The Morgan fingerprint density at radius 3 is 2.89 bits per heavy atom. The molecule has 1 aliphatic heterocycles. The first-order chi connectivity index (χ1) is 8.76. The fraction of sp³-hybridized carbons (Fsp3) is 0.700. The average Bonchev–Trinajstić information content (AvgIpc) is 2.87. The van der Waals surface area contributed by atoms with Gasteiger partial charge < -0.3 is 14.4 Å². The van der Waals surface area contributed by atoms with Crippen molar-refractivity contribution in [2.45, 2.75) is 6.42 Å². The van der Waals surface area contributed by atoms with Gasteiger partial charge in [-0.3, -0.25) is 5.43 Å². The lowest BCUT2D eigenvalue weighted by molar-refractivity contribution is 0.161. The molecule has 0 spiro atoms. The molecule has 8 nitrogen and oxygen atoms in total. The number of methoxy groups -OCH3 is 2. The van der Waals surface area contributed by atoms with Crippen molar-refractivity contribution in [1.29, 1.82) is 0 Å². The lowest BCUT2D eigenvalue weighted by atomic mass is 10.1. The second kappa shape index (κ2) is 5.78. The molecule has 1 unspecified atom stereocenters. The maximum Gasteiger partial charge on any atom is 0.322 e. The summed E-state index contributed by atoms with van der Waals surface area (Å²) in [5.41, 5.74) is 2.41. The van der Waals surface area contributed by atoms with E-state index in [4.69, 9.17) is 15.3 Å². The second-order valence-corrected chi connectivity index (χ2v) is 4.15. The van der Waals surface area contributed by atoms with E-state index in [1.807, 2.05) is 0 Å². The number of nitrogens with one attached hydrogen (secondary N) is 1. The van der Waals surface area contributed by atoms with Gasteiger partial charge in [-0.25, -0.2) is 5.84 Å². The summed E-state index contributed by atoms with van der Waals surface area (Å²) in [4.78, 5) is 14.5. The van der Waals surface area contributed by atoms with Crippen LogP contribution in [0.1, 0.15) is 6.42 Å². The molecule has 0 saturated carbocycles. The molecular formula is C10H18N6O2. The van der Waals surface area contributed by atoms with Gasteiger partial charge in [-0.05, 0) is 6.42 Å². The van der Waals surface area contributed by atoms with E-state index in [1.54, 1.807) is 7.11 Å². The van der Waals surface area contributed by atoms with Gasteiger partial charge >= 0.3 is 6.01 Å². The number of hydrogen-bond acceptors (Lipinski definition) is 8. The smallest absolute Gasteiger partial charge is 0.322 e. The highest BCUT2D eigenvalue weighted by Crippen LogP contribution is 2.22. The van der Waals surface area contributed by atoms with E-state index in [0.717, 1.165) is 26.1 Å². The SMILES string of the molecule is COCC1CCN(c2nc(NN)nc(OC)n2)C1. The van der Waals surface area contributed by atoms with Crippen LogP contribution >= 0.6 is 0 Å². The van der Waals surface area contributed by atoms with Crippen LogP contribution in [0.15, 0.2) is 0 Å². The molecule has 0 amide bonds. The number of anilines is 2. The molecule has 1 saturated heterocycles. The Balaban J connectivity index is 2.13. The summed E-state index contributed by atoms with van der Waals surface area (Å²) < 4.78 is 10.2. The zero-order valence-corrected chi connectivity index (χ0v) is 10.6.